The fraction of sp³-hybridized carbons (Fsp3) is 0.600. The monoisotopic (exact) mass is 314 g/mol. The molecule has 0 N–H and O–H groups in total. The van der Waals surface area contributed by atoms with Gasteiger partial charge in [-0.15, -0.1) is 0 Å². The molecule has 0 spiro atoms. The summed E-state index contributed by atoms with van der Waals surface area (Å²) in [5.74, 6) is 0.578. The lowest BCUT2D eigenvalue weighted by Crippen LogP contribution is -2.13. The van der Waals surface area contributed by atoms with Crippen LogP contribution in [0.15, 0.2) is 24.3 Å². The van der Waals surface area contributed by atoms with E-state index in [0.29, 0.717) is 19.1 Å². The lowest BCUT2D eigenvalue weighted by Gasteiger charge is -2.16. The van der Waals surface area contributed by atoms with Gasteiger partial charge in [0.05, 0.1) is 19.3 Å². The molecule has 0 aliphatic rings. The zero-order valence-corrected chi connectivity index (χ0v) is 13.1. The number of hydrogen-bond acceptors (Lipinski definition) is 2. The van der Waals surface area contributed by atoms with Crippen LogP contribution in [-0.2, 0) is 9.47 Å². The molecule has 102 valence electrons. The Morgan fingerprint density at radius 2 is 2.00 bits per heavy atom. The van der Waals surface area contributed by atoms with Crippen LogP contribution in [0, 0.1) is 12.8 Å². The van der Waals surface area contributed by atoms with Gasteiger partial charge < -0.3 is 9.47 Å². The maximum absolute atomic E-state index is 5.84. The summed E-state index contributed by atoms with van der Waals surface area (Å²) in [6.07, 6.45) is 0.104. The zero-order chi connectivity index (χ0) is 13.4. The van der Waals surface area contributed by atoms with Crippen molar-refractivity contribution in [1.82, 2.24) is 0 Å². The fourth-order valence-electron chi connectivity index (χ4n) is 1.67. The normalized spacial score (nSPS) is 12.9. The van der Waals surface area contributed by atoms with Crippen molar-refractivity contribution in [3.8, 4) is 0 Å². The van der Waals surface area contributed by atoms with Gasteiger partial charge in [0.1, 0.15) is 0 Å². The van der Waals surface area contributed by atoms with Crippen LogP contribution in [0.1, 0.15) is 31.1 Å². The highest BCUT2D eigenvalue weighted by atomic mass is 79.9. The van der Waals surface area contributed by atoms with Crippen LogP contribution in [0.3, 0.4) is 0 Å². The van der Waals surface area contributed by atoms with E-state index in [-0.39, 0.29) is 6.10 Å². The molecule has 0 fully saturated rings. The molecule has 0 bridgehead atoms. The molecule has 1 atom stereocenters. The highest BCUT2D eigenvalue weighted by Crippen LogP contribution is 2.20. The Morgan fingerprint density at radius 3 is 2.61 bits per heavy atom. The first kappa shape index (κ1) is 15.7. The summed E-state index contributed by atoms with van der Waals surface area (Å²) in [6.45, 7) is 8.49. The summed E-state index contributed by atoms with van der Waals surface area (Å²) < 4.78 is 11.4. The van der Waals surface area contributed by atoms with Gasteiger partial charge in [-0.05, 0) is 18.4 Å². The Bertz CT molecular complexity index is 339. The Kier molecular flexibility index (Phi) is 7.56. The van der Waals surface area contributed by atoms with E-state index in [9.17, 15) is 0 Å². The fourth-order valence-corrected chi connectivity index (χ4v) is 2.23. The highest BCUT2D eigenvalue weighted by Gasteiger charge is 2.10. The maximum Gasteiger partial charge on any atom is 0.0922 e. The van der Waals surface area contributed by atoms with Crippen LogP contribution < -0.4 is 0 Å². The number of aryl methyl sites for hydroxylation is 1. The molecular weight excluding hydrogens is 292 g/mol. The van der Waals surface area contributed by atoms with E-state index < -0.39 is 0 Å². The van der Waals surface area contributed by atoms with E-state index in [1.54, 1.807) is 0 Å². The van der Waals surface area contributed by atoms with Gasteiger partial charge in [-0.3, -0.25) is 0 Å². The first-order valence-electron chi connectivity index (χ1n) is 6.45. The van der Waals surface area contributed by atoms with E-state index in [1.807, 2.05) is 0 Å². The minimum Gasteiger partial charge on any atom is -0.379 e. The minimum atomic E-state index is 0.104. The van der Waals surface area contributed by atoms with Crippen LogP contribution in [-0.4, -0.2) is 25.2 Å². The van der Waals surface area contributed by atoms with Crippen molar-refractivity contribution in [2.75, 3.05) is 25.2 Å². The van der Waals surface area contributed by atoms with Gasteiger partial charge in [-0.25, -0.2) is 0 Å². The molecule has 3 heteroatoms. The number of rotatable bonds is 8. The number of ether oxygens (including phenoxy) is 2. The van der Waals surface area contributed by atoms with Crippen LogP contribution in [0.4, 0.5) is 0 Å². The number of hydrogen-bond donors (Lipinski definition) is 0. The topological polar surface area (TPSA) is 18.5 Å². The summed E-state index contributed by atoms with van der Waals surface area (Å²) in [6, 6.07) is 8.44. The molecule has 18 heavy (non-hydrogen) atoms. The van der Waals surface area contributed by atoms with Gasteiger partial charge in [0.2, 0.25) is 0 Å². The third-order valence-electron chi connectivity index (χ3n) is 2.55. The van der Waals surface area contributed by atoms with Crippen molar-refractivity contribution in [1.29, 1.82) is 0 Å². The Labute approximate surface area is 119 Å². The third-order valence-corrected chi connectivity index (χ3v) is 3.14. The van der Waals surface area contributed by atoms with Crippen LogP contribution in [0.5, 0.6) is 0 Å². The number of halogens is 1. The summed E-state index contributed by atoms with van der Waals surface area (Å²) in [5, 5.41) is 0.806. The van der Waals surface area contributed by atoms with E-state index in [2.05, 4.69) is 61.0 Å². The molecule has 0 aliphatic heterocycles. The minimum absolute atomic E-state index is 0.104. The van der Waals surface area contributed by atoms with Gasteiger partial charge in [-0.2, -0.15) is 0 Å². The van der Waals surface area contributed by atoms with E-state index >= 15 is 0 Å². The molecule has 0 aliphatic carbocycles. The lowest BCUT2D eigenvalue weighted by molar-refractivity contribution is 0.00759. The van der Waals surface area contributed by atoms with Gasteiger partial charge in [0.25, 0.3) is 0 Å². The molecule has 0 amide bonds. The summed E-state index contributed by atoms with van der Waals surface area (Å²) in [7, 11) is 0. The molecular formula is C15H23BrO2. The first-order valence-corrected chi connectivity index (χ1v) is 7.57. The average molecular weight is 315 g/mol. The molecule has 0 saturated carbocycles. The van der Waals surface area contributed by atoms with E-state index in [1.165, 1.54) is 11.1 Å². The summed E-state index contributed by atoms with van der Waals surface area (Å²) >= 11 is 3.50. The second kappa shape index (κ2) is 8.68. The Hall–Kier alpha value is -0.380. The first-order chi connectivity index (χ1) is 8.63. The smallest absolute Gasteiger partial charge is 0.0922 e. The molecule has 2 nitrogen and oxygen atoms in total. The van der Waals surface area contributed by atoms with Gasteiger partial charge in [-0.1, -0.05) is 59.6 Å². The second-order valence-corrected chi connectivity index (χ2v) is 5.54. The molecule has 0 heterocycles. The SMILES string of the molecule is Cc1cccc(C(CBr)OCCOCC(C)C)c1. The lowest BCUT2D eigenvalue weighted by atomic mass is 10.1. The van der Waals surface area contributed by atoms with E-state index in [4.69, 9.17) is 9.47 Å². The largest absolute Gasteiger partial charge is 0.379 e. The van der Waals surface area contributed by atoms with Crippen molar-refractivity contribution in [3.63, 3.8) is 0 Å². The zero-order valence-electron chi connectivity index (χ0n) is 11.5. The van der Waals surface area contributed by atoms with Crippen LogP contribution in [0.2, 0.25) is 0 Å². The standard InChI is InChI=1S/C15H23BrO2/c1-12(2)11-17-7-8-18-15(10-16)14-6-4-5-13(3)9-14/h4-6,9,12,15H,7-8,10-11H2,1-3H3. The number of alkyl halides is 1. The van der Waals surface area contributed by atoms with Crippen molar-refractivity contribution in [2.24, 2.45) is 5.92 Å². The summed E-state index contributed by atoms with van der Waals surface area (Å²) in [5.41, 5.74) is 2.48. The van der Waals surface area contributed by atoms with Crippen molar-refractivity contribution in [3.05, 3.63) is 35.4 Å². The molecule has 0 saturated heterocycles. The van der Waals surface area contributed by atoms with E-state index in [0.717, 1.165) is 11.9 Å². The van der Waals surface area contributed by atoms with Crippen molar-refractivity contribution >= 4 is 15.9 Å². The average Bonchev–Trinajstić information content (AvgIpc) is 2.33. The summed E-state index contributed by atoms with van der Waals surface area (Å²) in [4.78, 5) is 0. The Balaban J connectivity index is 2.34. The van der Waals surface area contributed by atoms with Crippen molar-refractivity contribution in [2.45, 2.75) is 26.9 Å². The molecule has 1 aromatic carbocycles. The van der Waals surface area contributed by atoms with Crippen LogP contribution >= 0.6 is 15.9 Å². The molecule has 1 rings (SSSR count). The molecule has 0 aromatic heterocycles. The third kappa shape index (κ3) is 5.98. The predicted molar refractivity (Wildman–Crippen MR) is 79.3 cm³/mol. The quantitative estimate of drug-likeness (QED) is 0.531. The second-order valence-electron chi connectivity index (χ2n) is 4.90. The predicted octanol–water partition coefficient (Wildman–Crippen LogP) is 4.12. The van der Waals surface area contributed by atoms with Crippen molar-refractivity contribution < 1.29 is 9.47 Å². The van der Waals surface area contributed by atoms with Crippen LogP contribution in [0.25, 0.3) is 0 Å². The molecule has 1 aromatic rings. The molecule has 1 unspecified atom stereocenters. The molecule has 0 radical (unpaired) electrons. The Morgan fingerprint density at radius 1 is 1.22 bits per heavy atom. The number of benzene rings is 1. The highest BCUT2D eigenvalue weighted by molar-refractivity contribution is 9.09. The van der Waals surface area contributed by atoms with Gasteiger partial charge >= 0.3 is 0 Å². The maximum atomic E-state index is 5.84. The van der Waals surface area contributed by atoms with Gasteiger partial charge in [0.15, 0.2) is 0 Å². The van der Waals surface area contributed by atoms with Gasteiger partial charge in [0, 0.05) is 11.9 Å².